The Labute approximate surface area is 176 Å². The summed E-state index contributed by atoms with van der Waals surface area (Å²) in [6, 6.07) is 0. The minimum Gasteiger partial charge on any atom is -0.202 e. The van der Waals surface area contributed by atoms with Crippen molar-refractivity contribution in [2.24, 2.45) is 0 Å². The van der Waals surface area contributed by atoms with Crippen LogP contribution in [-0.2, 0) is 34.1 Å². The number of rotatable bonds is 0. The van der Waals surface area contributed by atoms with Crippen molar-refractivity contribution in [3.63, 3.8) is 0 Å². The van der Waals surface area contributed by atoms with E-state index in [1.54, 1.807) is 0 Å². The first kappa shape index (κ1) is 173. The molecular weight excluding hydrogens is 424 g/mol. The zero-order valence-corrected chi connectivity index (χ0v) is 15.2. The fourth-order valence-corrected chi connectivity index (χ4v) is 0. The predicted molar refractivity (Wildman–Crippen MR) is 80.0 cm³/mol. The first-order valence-corrected chi connectivity index (χ1v) is 3.10. The summed E-state index contributed by atoms with van der Waals surface area (Å²) in [5.41, 5.74) is 0. The van der Waals surface area contributed by atoms with E-state index in [-0.39, 0.29) is 34.1 Å². The van der Waals surface area contributed by atoms with Crippen LogP contribution in [0.2, 0.25) is 0 Å². The van der Waals surface area contributed by atoms with Gasteiger partial charge in [-0.25, -0.2) is 63.1 Å². The predicted octanol–water partition coefficient (Wildman–Crippen LogP) is 1.67. The quantitative estimate of drug-likeness (QED) is 0.490. The van der Waals surface area contributed by atoms with Gasteiger partial charge in [0.25, 0.3) is 0 Å². The first-order chi connectivity index (χ1) is 12.0. The molecule has 0 amide bonds. The molecule has 0 atom stereocenters. The molecule has 12 nitrogen and oxygen atoms in total. The maximum Gasteiger partial charge on any atom is 0.0462 e. The topological polar surface area (TPSA) is 285 Å². The standard InChI is InChI=1S/12CHN.2Fe/c12*1-2;;/h12*1H;;. The molecule has 0 saturated carbocycles. The second-order valence-electron chi connectivity index (χ2n) is 0. The Morgan fingerprint density at radius 1 is 0.154 bits per heavy atom. The summed E-state index contributed by atoms with van der Waals surface area (Å²) in [5.74, 6) is 0. The molecule has 0 aliphatic carbocycles. The molecule has 0 radical (unpaired) electrons. The molecule has 26 heavy (non-hydrogen) atoms. The van der Waals surface area contributed by atoms with Crippen molar-refractivity contribution in [3.8, 4) is 78.9 Å². The van der Waals surface area contributed by atoms with Crippen LogP contribution in [0, 0.1) is 142 Å². The third-order valence-electron chi connectivity index (χ3n) is 0. The fourth-order valence-electron chi connectivity index (χ4n) is 0. The van der Waals surface area contributed by atoms with Crippen LogP contribution in [0.1, 0.15) is 0 Å². The number of hydrogen-bond donors (Lipinski definition) is 0. The van der Waals surface area contributed by atoms with Crippen molar-refractivity contribution in [2.45, 2.75) is 0 Å². The van der Waals surface area contributed by atoms with Gasteiger partial charge in [0, 0.05) is 113 Å². The molecule has 14 heteroatoms. The van der Waals surface area contributed by atoms with Gasteiger partial charge in [-0.2, -0.15) is 0 Å². The van der Waals surface area contributed by atoms with Gasteiger partial charge < -0.3 is 0 Å². The van der Waals surface area contributed by atoms with E-state index in [2.05, 4.69) is 78.9 Å². The van der Waals surface area contributed by atoms with E-state index < -0.39 is 0 Å². The van der Waals surface area contributed by atoms with Crippen molar-refractivity contribution in [1.82, 2.24) is 0 Å². The molecule has 0 fully saturated rings. The van der Waals surface area contributed by atoms with Crippen LogP contribution in [0.25, 0.3) is 0 Å². The van der Waals surface area contributed by atoms with Gasteiger partial charge in [-0.3, -0.25) is 0 Å². The van der Waals surface area contributed by atoms with E-state index in [4.69, 9.17) is 63.1 Å². The Morgan fingerprint density at radius 2 is 0.154 bits per heavy atom. The number of nitriles is 12. The summed E-state index contributed by atoms with van der Waals surface area (Å²) in [6.07, 6.45) is 0. The normalized spacial score (nSPS) is 0.923. The summed E-state index contributed by atoms with van der Waals surface area (Å²) < 4.78 is 0. The summed E-state index contributed by atoms with van der Waals surface area (Å²) in [6.45, 7) is 42.0. The van der Waals surface area contributed by atoms with Crippen LogP contribution >= 0.6 is 0 Å². The van der Waals surface area contributed by atoms with E-state index in [9.17, 15) is 0 Å². The largest absolute Gasteiger partial charge is 0.202 e. The zero-order valence-electron chi connectivity index (χ0n) is 13.0. The molecule has 0 unspecified atom stereocenters. The molecular formula is C12H12Fe2N12. The molecule has 0 heterocycles. The smallest absolute Gasteiger partial charge is 0.0462 e. The Hall–Kier alpha value is -5.08. The van der Waals surface area contributed by atoms with Gasteiger partial charge in [-0.05, 0) is 0 Å². The van der Waals surface area contributed by atoms with Crippen molar-refractivity contribution >= 4 is 0 Å². The molecule has 0 aromatic rings. The van der Waals surface area contributed by atoms with Gasteiger partial charge in [-0.15, -0.1) is 0 Å². The Bertz CT molecular complexity index is 220. The van der Waals surface area contributed by atoms with Crippen LogP contribution < -0.4 is 0 Å². The molecule has 0 aliphatic heterocycles. The van der Waals surface area contributed by atoms with E-state index in [1.165, 1.54) is 0 Å². The second kappa shape index (κ2) is 276. The molecule has 0 bridgehead atoms. The zero-order chi connectivity index (χ0) is 24.0. The van der Waals surface area contributed by atoms with Crippen LogP contribution in [0.3, 0.4) is 0 Å². The van der Waals surface area contributed by atoms with Gasteiger partial charge >= 0.3 is 0 Å². The maximum absolute atomic E-state index is 6.50. The maximum atomic E-state index is 6.50. The Kier molecular flexibility index (Phi) is 1840. The van der Waals surface area contributed by atoms with E-state index in [0.29, 0.717) is 0 Å². The second-order valence-corrected chi connectivity index (χ2v) is 0. The molecule has 0 aromatic carbocycles. The monoisotopic (exact) mass is 436 g/mol. The van der Waals surface area contributed by atoms with Crippen LogP contribution in [0.5, 0.6) is 0 Å². The van der Waals surface area contributed by atoms with Gasteiger partial charge in [0.15, 0.2) is 0 Å². The van der Waals surface area contributed by atoms with Gasteiger partial charge in [0.2, 0.25) is 0 Å². The van der Waals surface area contributed by atoms with Crippen molar-refractivity contribution in [2.75, 3.05) is 0 Å². The number of hydrogen-bond acceptors (Lipinski definition) is 12. The fraction of sp³-hybridized carbons (Fsp3) is 0. The van der Waals surface area contributed by atoms with Gasteiger partial charge in [0.1, 0.15) is 0 Å². The Morgan fingerprint density at radius 3 is 0.154 bits per heavy atom. The molecule has 0 N–H and O–H groups in total. The molecule has 0 aliphatic rings. The summed E-state index contributed by atoms with van der Waals surface area (Å²) >= 11 is 0. The van der Waals surface area contributed by atoms with E-state index >= 15 is 0 Å². The van der Waals surface area contributed by atoms with Crippen molar-refractivity contribution in [1.29, 1.82) is 63.1 Å². The third kappa shape index (κ3) is 235. The average Bonchev–Trinajstić information content (AvgIpc) is 2.84. The molecule has 0 aromatic heterocycles. The average molecular weight is 436 g/mol. The van der Waals surface area contributed by atoms with E-state index in [0.717, 1.165) is 0 Å². The Balaban J connectivity index is -0.00000000500. The van der Waals surface area contributed by atoms with E-state index in [1.807, 2.05) is 0 Å². The summed E-state index contributed by atoms with van der Waals surface area (Å²) in [7, 11) is 0. The first-order valence-electron chi connectivity index (χ1n) is 3.10. The molecule has 136 valence electrons. The molecule has 0 spiro atoms. The van der Waals surface area contributed by atoms with Crippen LogP contribution in [0.4, 0.5) is 0 Å². The minimum atomic E-state index is 0. The summed E-state index contributed by atoms with van der Waals surface area (Å²) in [4.78, 5) is 0. The molecule has 0 rings (SSSR count). The van der Waals surface area contributed by atoms with Crippen LogP contribution in [0.15, 0.2) is 0 Å². The summed E-state index contributed by atoms with van der Waals surface area (Å²) in [5, 5.41) is 78.0. The number of nitrogens with zero attached hydrogens (tertiary/aromatic N) is 12. The van der Waals surface area contributed by atoms with Crippen LogP contribution in [-0.4, -0.2) is 0 Å². The minimum absolute atomic E-state index is 0. The molecule has 0 saturated heterocycles. The van der Waals surface area contributed by atoms with Gasteiger partial charge in [0.05, 0.1) is 0 Å². The third-order valence-corrected chi connectivity index (χ3v) is 0. The SMILES string of the molecule is C#N.C#N.C#N.C#N.C#N.C#N.C#N.C#N.C#N.C#N.C#N.C#N.[Fe].[Fe]. The van der Waals surface area contributed by atoms with Crippen molar-refractivity contribution in [3.05, 3.63) is 0 Å². The van der Waals surface area contributed by atoms with Gasteiger partial charge in [-0.1, -0.05) is 0 Å². The van der Waals surface area contributed by atoms with Crippen molar-refractivity contribution < 1.29 is 34.1 Å².